The Bertz CT molecular complexity index is 348. The molecule has 0 spiro atoms. The molecule has 2 fully saturated rings. The van der Waals surface area contributed by atoms with E-state index in [2.05, 4.69) is 21.2 Å². The minimum atomic E-state index is -0.747. The van der Waals surface area contributed by atoms with Crippen LogP contribution in [0.3, 0.4) is 0 Å². The van der Waals surface area contributed by atoms with E-state index in [1.807, 2.05) is 0 Å². The highest BCUT2D eigenvalue weighted by Gasteiger charge is 2.47. The Morgan fingerprint density at radius 1 is 1.29 bits per heavy atom. The number of nitrogens with one attached hydrogen (secondary N) is 1. The van der Waals surface area contributed by atoms with Gasteiger partial charge in [-0.3, -0.25) is 9.69 Å². The lowest BCUT2D eigenvalue weighted by Crippen LogP contribution is -2.43. The van der Waals surface area contributed by atoms with Gasteiger partial charge in [0.25, 0.3) is 5.91 Å². The monoisotopic (exact) mass is 302 g/mol. The predicted molar refractivity (Wildman–Crippen MR) is 69.0 cm³/mol. The maximum atomic E-state index is 12.1. The summed E-state index contributed by atoms with van der Waals surface area (Å²) in [6, 6.07) is -0.243. The number of urea groups is 1. The van der Waals surface area contributed by atoms with E-state index < -0.39 is 5.54 Å². The molecule has 3 amide bonds. The first-order chi connectivity index (χ1) is 7.90. The third-order valence-electron chi connectivity index (χ3n) is 3.89. The summed E-state index contributed by atoms with van der Waals surface area (Å²) in [4.78, 5) is 25.3. The summed E-state index contributed by atoms with van der Waals surface area (Å²) < 4.78 is 0. The number of imide groups is 1. The number of carbonyl (C=O) groups excluding carboxylic acids is 2. The summed E-state index contributed by atoms with van der Waals surface area (Å²) in [7, 11) is 0. The van der Waals surface area contributed by atoms with E-state index in [1.165, 1.54) is 17.7 Å². The third-order valence-corrected chi connectivity index (χ3v) is 5.08. The number of alkyl halides is 1. The molecule has 1 saturated heterocycles. The summed E-state index contributed by atoms with van der Waals surface area (Å²) in [6.07, 6.45) is 4.57. The van der Waals surface area contributed by atoms with Crippen molar-refractivity contribution in [1.29, 1.82) is 0 Å². The molecular formula is C12H19BrN2O2. The highest BCUT2D eigenvalue weighted by atomic mass is 79.9. The Morgan fingerprint density at radius 3 is 2.29 bits per heavy atom. The van der Waals surface area contributed by atoms with Gasteiger partial charge in [-0.05, 0) is 32.1 Å². The molecule has 0 aromatic heterocycles. The molecule has 0 bridgehead atoms. The van der Waals surface area contributed by atoms with Crippen LogP contribution >= 0.6 is 15.9 Å². The summed E-state index contributed by atoms with van der Waals surface area (Å²) >= 11 is 3.54. The summed E-state index contributed by atoms with van der Waals surface area (Å²) in [5.41, 5.74) is -0.656. The highest BCUT2D eigenvalue weighted by Crippen LogP contribution is 2.41. The molecule has 1 aliphatic carbocycles. The standard InChI is InChI=1S/C12H19BrN2O2/c1-11(2)9(16)15(10(17)14-11)8-12(7-13)5-3-4-6-12/h3-8H2,1-2H3,(H,14,17). The van der Waals surface area contributed by atoms with Crippen molar-refractivity contribution in [1.82, 2.24) is 10.2 Å². The van der Waals surface area contributed by atoms with Crippen LogP contribution in [0.25, 0.3) is 0 Å². The smallest absolute Gasteiger partial charge is 0.324 e. The molecular weight excluding hydrogens is 284 g/mol. The molecule has 0 radical (unpaired) electrons. The fraction of sp³-hybridized carbons (Fsp3) is 0.833. The van der Waals surface area contributed by atoms with Crippen LogP contribution in [0.4, 0.5) is 4.79 Å². The van der Waals surface area contributed by atoms with Crippen LogP contribution in [0, 0.1) is 5.41 Å². The lowest BCUT2D eigenvalue weighted by atomic mass is 9.88. The van der Waals surface area contributed by atoms with Gasteiger partial charge >= 0.3 is 6.03 Å². The first kappa shape index (κ1) is 12.9. The fourth-order valence-electron chi connectivity index (χ4n) is 2.76. The van der Waals surface area contributed by atoms with Crippen molar-refractivity contribution in [2.24, 2.45) is 5.41 Å². The number of rotatable bonds is 3. The van der Waals surface area contributed by atoms with E-state index >= 15 is 0 Å². The molecule has 0 atom stereocenters. The first-order valence-electron chi connectivity index (χ1n) is 6.10. The predicted octanol–water partition coefficient (Wildman–Crippen LogP) is 2.27. The summed E-state index contributed by atoms with van der Waals surface area (Å²) in [5.74, 6) is -0.102. The molecule has 0 unspecified atom stereocenters. The summed E-state index contributed by atoms with van der Waals surface area (Å²) in [6.45, 7) is 4.05. The van der Waals surface area contributed by atoms with E-state index in [0.717, 1.165) is 18.2 Å². The summed E-state index contributed by atoms with van der Waals surface area (Å²) in [5, 5.41) is 3.59. The van der Waals surface area contributed by atoms with E-state index in [4.69, 9.17) is 0 Å². The van der Waals surface area contributed by atoms with Crippen molar-refractivity contribution < 1.29 is 9.59 Å². The number of hydrogen-bond donors (Lipinski definition) is 1. The van der Waals surface area contributed by atoms with Crippen molar-refractivity contribution >= 4 is 27.9 Å². The van der Waals surface area contributed by atoms with E-state index in [0.29, 0.717) is 6.54 Å². The minimum Gasteiger partial charge on any atom is -0.324 e. The molecule has 1 N–H and O–H groups in total. The molecule has 96 valence electrons. The SMILES string of the molecule is CC1(C)NC(=O)N(CC2(CBr)CCCC2)C1=O. The maximum absolute atomic E-state index is 12.1. The molecule has 4 nitrogen and oxygen atoms in total. The molecule has 1 saturated carbocycles. The molecule has 2 aliphatic rings. The van der Waals surface area contributed by atoms with Crippen LogP contribution in [0.1, 0.15) is 39.5 Å². The Balaban J connectivity index is 2.13. The Kier molecular flexibility index (Phi) is 3.23. The van der Waals surface area contributed by atoms with Crippen molar-refractivity contribution in [2.45, 2.75) is 45.1 Å². The second-order valence-electron chi connectivity index (χ2n) is 5.79. The maximum Gasteiger partial charge on any atom is 0.325 e. The second-order valence-corrected chi connectivity index (χ2v) is 6.35. The average Bonchev–Trinajstić information content (AvgIpc) is 2.79. The van der Waals surface area contributed by atoms with Crippen molar-refractivity contribution in [3.63, 3.8) is 0 Å². The largest absolute Gasteiger partial charge is 0.325 e. The van der Waals surface area contributed by atoms with Crippen LogP contribution in [0.2, 0.25) is 0 Å². The Labute approximate surface area is 110 Å². The number of hydrogen-bond acceptors (Lipinski definition) is 2. The normalized spacial score (nSPS) is 26.4. The number of carbonyl (C=O) groups is 2. The van der Waals surface area contributed by atoms with Crippen LogP contribution in [-0.2, 0) is 4.79 Å². The van der Waals surface area contributed by atoms with E-state index in [1.54, 1.807) is 13.8 Å². The van der Waals surface area contributed by atoms with Gasteiger partial charge in [-0.25, -0.2) is 4.79 Å². The van der Waals surface area contributed by atoms with Crippen LogP contribution in [0.5, 0.6) is 0 Å². The number of amides is 3. The van der Waals surface area contributed by atoms with E-state index in [-0.39, 0.29) is 17.4 Å². The third kappa shape index (κ3) is 2.21. The van der Waals surface area contributed by atoms with Crippen LogP contribution in [0.15, 0.2) is 0 Å². The lowest BCUT2D eigenvalue weighted by molar-refractivity contribution is -0.131. The van der Waals surface area contributed by atoms with Crippen LogP contribution < -0.4 is 5.32 Å². The Hall–Kier alpha value is -0.580. The van der Waals surface area contributed by atoms with E-state index in [9.17, 15) is 9.59 Å². The van der Waals surface area contributed by atoms with Crippen molar-refractivity contribution in [2.75, 3.05) is 11.9 Å². The van der Waals surface area contributed by atoms with Gasteiger partial charge in [0, 0.05) is 11.9 Å². The van der Waals surface area contributed by atoms with Gasteiger partial charge in [-0.1, -0.05) is 28.8 Å². The number of nitrogens with zero attached hydrogens (tertiary/aromatic N) is 1. The Morgan fingerprint density at radius 2 is 1.88 bits per heavy atom. The van der Waals surface area contributed by atoms with Crippen molar-refractivity contribution in [3.05, 3.63) is 0 Å². The number of halogens is 1. The zero-order valence-electron chi connectivity index (χ0n) is 10.4. The molecule has 2 rings (SSSR count). The van der Waals surface area contributed by atoms with Gasteiger partial charge in [-0.15, -0.1) is 0 Å². The molecule has 1 heterocycles. The topological polar surface area (TPSA) is 49.4 Å². The van der Waals surface area contributed by atoms with Gasteiger partial charge < -0.3 is 5.32 Å². The second kappa shape index (κ2) is 4.26. The highest BCUT2D eigenvalue weighted by molar-refractivity contribution is 9.09. The minimum absolute atomic E-state index is 0.0907. The van der Waals surface area contributed by atoms with Gasteiger partial charge in [0.1, 0.15) is 5.54 Å². The molecule has 1 aliphatic heterocycles. The van der Waals surface area contributed by atoms with Crippen molar-refractivity contribution in [3.8, 4) is 0 Å². The molecule has 5 heteroatoms. The molecule has 0 aromatic carbocycles. The average molecular weight is 303 g/mol. The lowest BCUT2D eigenvalue weighted by Gasteiger charge is -2.30. The zero-order chi connectivity index (χ0) is 12.7. The zero-order valence-corrected chi connectivity index (χ0v) is 12.0. The first-order valence-corrected chi connectivity index (χ1v) is 7.22. The van der Waals surface area contributed by atoms with Gasteiger partial charge in [-0.2, -0.15) is 0 Å². The molecule has 0 aromatic rings. The quantitative estimate of drug-likeness (QED) is 0.642. The van der Waals surface area contributed by atoms with Gasteiger partial charge in [0.05, 0.1) is 0 Å². The molecule has 17 heavy (non-hydrogen) atoms. The fourth-order valence-corrected chi connectivity index (χ4v) is 3.49. The van der Waals surface area contributed by atoms with Gasteiger partial charge in [0.15, 0.2) is 0 Å². The van der Waals surface area contributed by atoms with Gasteiger partial charge in [0.2, 0.25) is 0 Å². The van der Waals surface area contributed by atoms with Crippen LogP contribution in [-0.4, -0.2) is 34.3 Å².